The Morgan fingerprint density at radius 2 is 2.15 bits per heavy atom. The second-order valence-electron chi connectivity index (χ2n) is 6.21. The third-order valence-corrected chi connectivity index (χ3v) is 6.22. The number of benzene rings is 1. The summed E-state index contributed by atoms with van der Waals surface area (Å²) in [5.74, 6) is 1.44. The first-order valence-electron chi connectivity index (χ1n) is 8.90. The van der Waals surface area contributed by atoms with Crippen LogP contribution in [0.4, 0.5) is 8.78 Å². The van der Waals surface area contributed by atoms with Gasteiger partial charge in [-0.2, -0.15) is 8.78 Å². The van der Waals surface area contributed by atoms with Gasteiger partial charge in [-0.15, -0.1) is 0 Å². The first-order chi connectivity index (χ1) is 12.5. The Morgan fingerprint density at radius 3 is 2.85 bits per heavy atom. The van der Waals surface area contributed by atoms with Crippen LogP contribution in [0.25, 0.3) is 0 Å². The fraction of sp³-hybridized carbons (Fsp3) is 0.611. The van der Waals surface area contributed by atoms with Crippen molar-refractivity contribution in [3.05, 3.63) is 29.8 Å². The molecule has 0 amide bonds. The standard InChI is InChI=1S/C18H27F2N3O2S/c1-3-26(24)15-9-6-8-14(11-15)23-18(21-2)22-12-13-7-4-5-10-16(13)25-17(19)20/h4-5,7,10,14-15,17H,3,6,8-9,11-12H2,1-2H3,(H2,21,22,23). The highest BCUT2D eigenvalue weighted by molar-refractivity contribution is 7.85. The fourth-order valence-corrected chi connectivity index (χ4v) is 4.53. The lowest BCUT2D eigenvalue weighted by Crippen LogP contribution is -2.46. The van der Waals surface area contributed by atoms with E-state index in [0.717, 1.165) is 25.7 Å². The third-order valence-electron chi connectivity index (χ3n) is 4.48. The van der Waals surface area contributed by atoms with E-state index < -0.39 is 17.4 Å². The number of aliphatic imine (C=N–C) groups is 1. The molecule has 0 bridgehead atoms. The maximum absolute atomic E-state index is 12.5. The van der Waals surface area contributed by atoms with Crippen molar-refractivity contribution in [3.63, 3.8) is 0 Å². The van der Waals surface area contributed by atoms with Gasteiger partial charge in [-0.3, -0.25) is 9.20 Å². The molecule has 1 aromatic rings. The van der Waals surface area contributed by atoms with E-state index in [1.165, 1.54) is 6.07 Å². The summed E-state index contributed by atoms with van der Waals surface area (Å²) in [4.78, 5) is 4.21. The number of halogens is 2. The van der Waals surface area contributed by atoms with Crippen molar-refractivity contribution in [3.8, 4) is 5.75 Å². The van der Waals surface area contributed by atoms with E-state index in [-0.39, 0.29) is 17.0 Å². The van der Waals surface area contributed by atoms with Crippen LogP contribution in [-0.4, -0.2) is 40.9 Å². The minimum absolute atomic E-state index is 0.154. The molecule has 3 atom stereocenters. The minimum atomic E-state index is -2.85. The molecule has 5 nitrogen and oxygen atoms in total. The molecule has 0 heterocycles. The van der Waals surface area contributed by atoms with Gasteiger partial charge < -0.3 is 15.4 Å². The molecule has 0 aliphatic heterocycles. The highest BCUT2D eigenvalue weighted by Gasteiger charge is 2.26. The van der Waals surface area contributed by atoms with Gasteiger partial charge in [0.25, 0.3) is 0 Å². The van der Waals surface area contributed by atoms with Crippen LogP contribution in [-0.2, 0) is 17.3 Å². The van der Waals surface area contributed by atoms with Gasteiger partial charge in [-0.25, -0.2) is 0 Å². The summed E-state index contributed by atoms with van der Waals surface area (Å²) in [5, 5.41) is 6.73. The van der Waals surface area contributed by atoms with Crippen molar-refractivity contribution >= 4 is 16.8 Å². The first kappa shape index (κ1) is 20.6. The van der Waals surface area contributed by atoms with Crippen LogP contribution in [0.3, 0.4) is 0 Å². The van der Waals surface area contributed by atoms with Crippen molar-refractivity contribution in [1.29, 1.82) is 0 Å². The van der Waals surface area contributed by atoms with E-state index in [1.807, 2.05) is 6.92 Å². The molecule has 0 aromatic heterocycles. The van der Waals surface area contributed by atoms with Crippen LogP contribution in [0.2, 0.25) is 0 Å². The highest BCUT2D eigenvalue weighted by atomic mass is 32.2. The minimum Gasteiger partial charge on any atom is -0.434 e. The predicted octanol–water partition coefficient (Wildman–Crippen LogP) is 3.03. The average molecular weight is 387 g/mol. The molecule has 2 N–H and O–H groups in total. The molecule has 8 heteroatoms. The Kier molecular flexibility index (Phi) is 8.28. The van der Waals surface area contributed by atoms with Gasteiger partial charge in [0.1, 0.15) is 5.75 Å². The smallest absolute Gasteiger partial charge is 0.387 e. The monoisotopic (exact) mass is 387 g/mol. The number of nitrogens with one attached hydrogen (secondary N) is 2. The average Bonchev–Trinajstić information content (AvgIpc) is 2.65. The molecule has 146 valence electrons. The van der Waals surface area contributed by atoms with Gasteiger partial charge in [0, 0.05) is 47.0 Å². The molecular weight excluding hydrogens is 360 g/mol. The summed E-state index contributed by atoms with van der Waals surface area (Å²) >= 11 is 0. The van der Waals surface area contributed by atoms with Crippen molar-refractivity contribution < 1.29 is 17.7 Å². The number of para-hydroxylation sites is 1. The Bertz CT molecular complexity index is 628. The van der Waals surface area contributed by atoms with E-state index in [2.05, 4.69) is 20.4 Å². The van der Waals surface area contributed by atoms with Crippen molar-refractivity contribution in [2.45, 2.75) is 57.1 Å². The molecule has 1 saturated carbocycles. The highest BCUT2D eigenvalue weighted by Crippen LogP contribution is 2.23. The fourth-order valence-electron chi connectivity index (χ4n) is 3.18. The molecule has 3 unspecified atom stereocenters. The van der Waals surface area contributed by atoms with E-state index in [4.69, 9.17) is 0 Å². The lowest BCUT2D eigenvalue weighted by atomic mass is 9.95. The number of rotatable bonds is 7. The molecule has 1 aromatic carbocycles. The number of hydrogen-bond donors (Lipinski definition) is 2. The largest absolute Gasteiger partial charge is 0.434 e. The molecule has 2 rings (SSSR count). The Labute approximate surface area is 156 Å². The van der Waals surface area contributed by atoms with Crippen LogP contribution in [0.1, 0.15) is 38.2 Å². The molecule has 26 heavy (non-hydrogen) atoms. The van der Waals surface area contributed by atoms with Gasteiger partial charge in [0.05, 0.1) is 0 Å². The van der Waals surface area contributed by atoms with Crippen LogP contribution in [0.5, 0.6) is 5.75 Å². The molecule has 1 aliphatic rings. The number of guanidine groups is 1. The van der Waals surface area contributed by atoms with E-state index in [0.29, 0.717) is 23.8 Å². The van der Waals surface area contributed by atoms with Gasteiger partial charge in [0.2, 0.25) is 0 Å². The SMILES string of the molecule is CCS(=O)C1CCCC(NC(=NC)NCc2ccccc2OC(F)F)C1. The van der Waals surface area contributed by atoms with Crippen molar-refractivity contribution in [1.82, 2.24) is 10.6 Å². The van der Waals surface area contributed by atoms with E-state index in [1.54, 1.807) is 25.2 Å². The number of alkyl halides is 2. The Morgan fingerprint density at radius 1 is 1.38 bits per heavy atom. The summed E-state index contributed by atoms with van der Waals surface area (Å²) < 4.78 is 41.6. The van der Waals surface area contributed by atoms with Crippen LogP contribution >= 0.6 is 0 Å². The second kappa shape index (κ2) is 10.4. The lowest BCUT2D eigenvalue weighted by molar-refractivity contribution is -0.0504. The van der Waals surface area contributed by atoms with E-state index in [9.17, 15) is 13.0 Å². The quantitative estimate of drug-likeness (QED) is 0.558. The Balaban J connectivity index is 1.91. The first-order valence-corrected chi connectivity index (χ1v) is 10.3. The normalized spacial score (nSPS) is 22.1. The zero-order valence-corrected chi connectivity index (χ0v) is 16.0. The summed E-state index contributed by atoms with van der Waals surface area (Å²) in [7, 11) is 0.887. The molecule has 1 fully saturated rings. The van der Waals surface area contributed by atoms with Gasteiger partial charge in [-0.05, 0) is 25.3 Å². The molecule has 0 radical (unpaired) electrons. The zero-order valence-electron chi connectivity index (χ0n) is 15.2. The number of ether oxygens (including phenoxy) is 1. The van der Waals surface area contributed by atoms with Crippen molar-refractivity contribution in [2.24, 2.45) is 4.99 Å². The number of nitrogens with zero attached hydrogens (tertiary/aromatic N) is 1. The van der Waals surface area contributed by atoms with Gasteiger partial charge in [0.15, 0.2) is 5.96 Å². The summed E-state index contributed by atoms with van der Waals surface area (Å²) in [6, 6.07) is 6.90. The molecular formula is C18H27F2N3O2S. The van der Waals surface area contributed by atoms with Gasteiger partial charge in [-0.1, -0.05) is 31.5 Å². The predicted molar refractivity (Wildman–Crippen MR) is 101 cm³/mol. The van der Waals surface area contributed by atoms with Gasteiger partial charge >= 0.3 is 6.61 Å². The van der Waals surface area contributed by atoms with Crippen LogP contribution in [0.15, 0.2) is 29.3 Å². The summed E-state index contributed by atoms with van der Waals surface area (Å²) in [5.41, 5.74) is 0.629. The van der Waals surface area contributed by atoms with E-state index >= 15 is 0 Å². The van der Waals surface area contributed by atoms with Crippen LogP contribution in [0, 0.1) is 0 Å². The Hall–Kier alpha value is -1.70. The topological polar surface area (TPSA) is 62.7 Å². The maximum atomic E-state index is 12.5. The zero-order chi connectivity index (χ0) is 18.9. The van der Waals surface area contributed by atoms with Crippen molar-refractivity contribution in [2.75, 3.05) is 12.8 Å². The number of hydrogen-bond acceptors (Lipinski definition) is 3. The second-order valence-corrected chi connectivity index (χ2v) is 8.22. The molecule has 1 aliphatic carbocycles. The molecule has 0 saturated heterocycles. The summed E-state index contributed by atoms with van der Waals surface area (Å²) in [6.45, 7) is -0.584. The van der Waals surface area contributed by atoms with Crippen LogP contribution < -0.4 is 15.4 Å². The third kappa shape index (κ3) is 6.23. The lowest BCUT2D eigenvalue weighted by Gasteiger charge is -2.30. The maximum Gasteiger partial charge on any atom is 0.387 e. The molecule has 0 spiro atoms. The summed E-state index contributed by atoms with van der Waals surface area (Å²) in [6.07, 6.45) is 3.90.